The lowest BCUT2D eigenvalue weighted by atomic mass is 10.0. The molecule has 0 aromatic rings. The molecule has 0 bridgehead atoms. The first kappa shape index (κ1) is 16.2. The van der Waals surface area contributed by atoms with Gasteiger partial charge in [-0.05, 0) is 32.1 Å². The van der Waals surface area contributed by atoms with Crippen molar-refractivity contribution in [2.24, 2.45) is 5.92 Å². The van der Waals surface area contributed by atoms with Crippen molar-refractivity contribution in [3.8, 4) is 0 Å². The molecule has 1 heterocycles. The van der Waals surface area contributed by atoms with Gasteiger partial charge in [-0.2, -0.15) is 0 Å². The van der Waals surface area contributed by atoms with Crippen LogP contribution in [-0.4, -0.2) is 54.5 Å². The van der Waals surface area contributed by atoms with Gasteiger partial charge in [0.05, 0.1) is 19.3 Å². The second-order valence-corrected chi connectivity index (χ2v) is 5.77. The van der Waals surface area contributed by atoms with Crippen molar-refractivity contribution in [3.63, 3.8) is 0 Å². The molecule has 0 spiro atoms. The zero-order valence-electron chi connectivity index (χ0n) is 12.4. The maximum absolute atomic E-state index is 12.3. The lowest BCUT2D eigenvalue weighted by Crippen LogP contribution is -2.54. The molecule has 1 aliphatic heterocycles. The third kappa shape index (κ3) is 5.78. The number of aliphatic hydroxyl groups excluding tert-OH is 1. The molecular formula is C14H28N2O3. The number of nitrogens with one attached hydrogen (secondary N) is 1. The van der Waals surface area contributed by atoms with Crippen LogP contribution in [0.3, 0.4) is 0 Å². The van der Waals surface area contributed by atoms with Crippen molar-refractivity contribution >= 4 is 6.03 Å². The summed E-state index contributed by atoms with van der Waals surface area (Å²) in [6, 6.07) is 0.278. The summed E-state index contributed by atoms with van der Waals surface area (Å²) in [6.07, 6.45) is 2.50. The molecule has 1 saturated heterocycles. The Morgan fingerprint density at radius 2 is 2.21 bits per heavy atom. The van der Waals surface area contributed by atoms with E-state index in [9.17, 15) is 4.79 Å². The number of urea groups is 1. The van der Waals surface area contributed by atoms with Crippen LogP contribution < -0.4 is 5.32 Å². The smallest absolute Gasteiger partial charge is 0.318 e. The Morgan fingerprint density at radius 1 is 1.47 bits per heavy atom. The van der Waals surface area contributed by atoms with Crippen LogP contribution in [0.4, 0.5) is 4.79 Å². The molecule has 112 valence electrons. The van der Waals surface area contributed by atoms with Gasteiger partial charge in [-0.15, -0.1) is 0 Å². The van der Waals surface area contributed by atoms with Crippen molar-refractivity contribution in [2.75, 3.05) is 26.4 Å². The number of hydrogen-bond donors (Lipinski definition) is 2. The van der Waals surface area contributed by atoms with Crippen LogP contribution in [0.25, 0.3) is 0 Å². The molecule has 0 aromatic heterocycles. The van der Waals surface area contributed by atoms with E-state index in [0.29, 0.717) is 25.7 Å². The summed E-state index contributed by atoms with van der Waals surface area (Å²) in [7, 11) is 0. The van der Waals surface area contributed by atoms with Crippen LogP contribution in [0, 0.1) is 5.92 Å². The maximum atomic E-state index is 12.3. The molecule has 5 nitrogen and oxygen atoms in total. The third-order valence-electron chi connectivity index (χ3n) is 3.40. The average Bonchev–Trinajstić information content (AvgIpc) is 2.36. The molecule has 0 radical (unpaired) electrons. The van der Waals surface area contributed by atoms with Crippen molar-refractivity contribution < 1.29 is 14.6 Å². The first-order chi connectivity index (χ1) is 9.04. The molecule has 2 N–H and O–H groups in total. The monoisotopic (exact) mass is 272 g/mol. The zero-order valence-corrected chi connectivity index (χ0v) is 12.4. The predicted octanol–water partition coefficient (Wildman–Crippen LogP) is 1.60. The summed E-state index contributed by atoms with van der Waals surface area (Å²) in [5.41, 5.74) is 0. The molecule has 0 aromatic carbocycles. The van der Waals surface area contributed by atoms with Crippen molar-refractivity contribution in [1.82, 2.24) is 10.2 Å². The normalized spacial score (nSPS) is 21.5. The van der Waals surface area contributed by atoms with E-state index in [4.69, 9.17) is 9.84 Å². The number of rotatable bonds is 6. The summed E-state index contributed by atoms with van der Waals surface area (Å²) in [4.78, 5) is 14.2. The van der Waals surface area contributed by atoms with Gasteiger partial charge in [0.1, 0.15) is 0 Å². The van der Waals surface area contributed by atoms with Crippen LogP contribution >= 0.6 is 0 Å². The van der Waals surface area contributed by atoms with Gasteiger partial charge in [-0.1, -0.05) is 13.8 Å². The Balaban J connectivity index is 2.47. The summed E-state index contributed by atoms with van der Waals surface area (Å²) >= 11 is 0. The fourth-order valence-corrected chi connectivity index (χ4v) is 2.42. The molecule has 1 fully saturated rings. The largest absolute Gasteiger partial charge is 0.396 e. The fraction of sp³-hybridized carbons (Fsp3) is 0.929. The molecule has 5 heteroatoms. The lowest BCUT2D eigenvalue weighted by Gasteiger charge is -2.37. The minimum Gasteiger partial charge on any atom is -0.396 e. The molecule has 0 saturated carbocycles. The second-order valence-electron chi connectivity index (χ2n) is 5.77. The molecule has 19 heavy (non-hydrogen) atoms. The fourth-order valence-electron chi connectivity index (χ4n) is 2.42. The van der Waals surface area contributed by atoms with Gasteiger partial charge in [0.2, 0.25) is 0 Å². The minimum atomic E-state index is -0.000565. The number of amides is 2. The summed E-state index contributed by atoms with van der Waals surface area (Å²) < 4.78 is 5.48. The highest BCUT2D eigenvalue weighted by molar-refractivity contribution is 5.75. The van der Waals surface area contributed by atoms with E-state index in [-0.39, 0.29) is 24.7 Å². The number of hydrogen-bond acceptors (Lipinski definition) is 3. The topological polar surface area (TPSA) is 61.8 Å². The highest BCUT2D eigenvalue weighted by Crippen LogP contribution is 2.16. The molecular weight excluding hydrogens is 244 g/mol. The van der Waals surface area contributed by atoms with Crippen LogP contribution in [0.5, 0.6) is 0 Å². The second kappa shape index (κ2) is 8.38. The van der Waals surface area contributed by atoms with Crippen LogP contribution in [0.2, 0.25) is 0 Å². The van der Waals surface area contributed by atoms with E-state index in [0.717, 1.165) is 19.3 Å². The number of morpholine rings is 1. The molecule has 2 unspecified atom stereocenters. The molecule has 2 amide bonds. The summed E-state index contributed by atoms with van der Waals surface area (Å²) in [6.45, 7) is 8.39. The Hall–Kier alpha value is -0.810. The maximum Gasteiger partial charge on any atom is 0.318 e. The highest BCUT2D eigenvalue weighted by atomic mass is 16.5. The third-order valence-corrected chi connectivity index (χ3v) is 3.40. The molecule has 0 aliphatic carbocycles. The van der Waals surface area contributed by atoms with Crippen LogP contribution in [0.15, 0.2) is 0 Å². The van der Waals surface area contributed by atoms with Gasteiger partial charge in [0.25, 0.3) is 0 Å². The number of carbonyl (C=O) groups is 1. The standard InChI is InChI=1S/C14H28N2O3/c1-11(2)9-13-10-19-8-6-16(13)14(18)15-12(3)5-4-7-17/h11-13,17H,4-10H2,1-3H3,(H,15,18). The minimum absolute atomic E-state index is 0.000565. The van der Waals surface area contributed by atoms with E-state index >= 15 is 0 Å². The Bertz CT molecular complexity index is 271. The Labute approximate surface area is 116 Å². The van der Waals surface area contributed by atoms with Crippen molar-refractivity contribution in [1.29, 1.82) is 0 Å². The zero-order chi connectivity index (χ0) is 14.3. The van der Waals surface area contributed by atoms with Gasteiger partial charge in [0, 0.05) is 19.2 Å². The lowest BCUT2D eigenvalue weighted by molar-refractivity contribution is 0.00503. The molecule has 1 rings (SSSR count). The number of aliphatic hydroxyl groups is 1. The highest BCUT2D eigenvalue weighted by Gasteiger charge is 2.28. The Kier molecular flexibility index (Phi) is 7.16. The summed E-state index contributed by atoms with van der Waals surface area (Å²) in [5.74, 6) is 0.550. The van der Waals surface area contributed by atoms with Gasteiger partial charge in [0.15, 0.2) is 0 Å². The first-order valence-electron chi connectivity index (χ1n) is 7.30. The predicted molar refractivity (Wildman–Crippen MR) is 75.1 cm³/mol. The molecule has 1 aliphatic rings. The first-order valence-corrected chi connectivity index (χ1v) is 7.30. The van der Waals surface area contributed by atoms with E-state index in [2.05, 4.69) is 19.2 Å². The quantitative estimate of drug-likeness (QED) is 0.772. The van der Waals surface area contributed by atoms with Gasteiger partial charge in [-0.3, -0.25) is 0 Å². The van der Waals surface area contributed by atoms with Gasteiger partial charge in [-0.25, -0.2) is 4.79 Å². The number of nitrogens with zero attached hydrogens (tertiary/aromatic N) is 1. The van der Waals surface area contributed by atoms with E-state index in [1.54, 1.807) is 0 Å². The van der Waals surface area contributed by atoms with Gasteiger partial charge >= 0.3 is 6.03 Å². The number of carbonyl (C=O) groups excluding carboxylic acids is 1. The van der Waals surface area contributed by atoms with Crippen molar-refractivity contribution in [3.05, 3.63) is 0 Å². The van der Waals surface area contributed by atoms with E-state index < -0.39 is 0 Å². The average molecular weight is 272 g/mol. The number of ether oxygens (including phenoxy) is 1. The van der Waals surface area contributed by atoms with Gasteiger partial charge < -0.3 is 20.1 Å². The molecule has 2 atom stereocenters. The van der Waals surface area contributed by atoms with Crippen LogP contribution in [0.1, 0.15) is 40.0 Å². The van der Waals surface area contributed by atoms with Crippen molar-refractivity contribution in [2.45, 2.75) is 52.1 Å². The summed E-state index contributed by atoms with van der Waals surface area (Å²) in [5, 5.41) is 11.8. The Morgan fingerprint density at radius 3 is 2.84 bits per heavy atom. The van der Waals surface area contributed by atoms with E-state index in [1.165, 1.54) is 0 Å². The van der Waals surface area contributed by atoms with E-state index in [1.807, 2.05) is 11.8 Å². The van der Waals surface area contributed by atoms with Crippen LogP contribution in [-0.2, 0) is 4.74 Å². The SMILES string of the molecule is CC(C)CC1COCCN1C(=O)NC(C)CCCO.